The van der Waals surface area contributed by atoms with E-state index in [1.807, 2.05) is 36.4 Å². The molecule has 0 spiro atoms. The molecule has 160 valence electrons. The zero-order valence-electron chi connectivity index (χ0n) is 18.5. The van der Waals surface area contributed by atoms with Crippen molar-refractivity contribution in [2.24, 2.45) is 5.10 Å². The molecule has 0 aromatic heterocycles. The van der Waals surface area contributed by atoms with Gasteiger partial charge in [-0.15, -0.1) is 0 Å². The van der Waals surface area contributed by atoms with Crippen molar-refractivity contribution in [2.75, 3.05) is 24.5 Å². The molecule has 0 saturated heterocycles. The summed E-state index contributed by atoms with van der Waals surface area (Å²) < 4.78 is 0. The van der Waals surface area contributed by atoms with Crippen molar-refractivity contribution in [2.45, 2.75) is 40.0 Å². The second-order valence-electron chi connectivity index (χ2n) is 8.07. The molecule has 2 aromatic rings. The molecular formula is C24H32N4O2. The topological polar surface area (TPSA) is 73.8 Å². The first kappa shape index (κ1) is 23.1. The number of hydrazone groups is 1. The fourth-order valence-electron chi connectivity index (χ4n) is 2.96. The highest BCUT2D eigenvalue weighted by molar-refractivity contribution is 5.96. The normalized spacial score (nSPS) is 11.4. The van der Waals surface area contributed by atoms with Gasteiger partial charge in [0.25, 0.3) is 11.8 Å². The molecule has 30 heavy (non-hydrogen) atoms. The van der Waals surface area contributed by atoms with E-state index >= 15 is 0 Å². The molecule has 6 nitrogen and oxygen atoms in total. The highest BCUT2D eigenvalue weighted by atomic mass is 16.2. The fraction of sp³-hybridized carbons (Fsp3) is 0.375. The maximum atomic E-state index is 12.2. The zero-order valence-corrected chi connectivity index (χ0v) is 18.5. The third kappa shape index (κ3) is 6.72. The first-order valence-electron chi connectivity index (χ1n) is 10.3. The lowest BCUT2D eigenvalue weighted by atomic mass is 9.87. The van der Waals surface area contributed by atoms with Crippen molar-refractivity contribution in [3.05, 3.63) is 65.2 Å². The molecule has 0 aliphatic heterocycles. The van der Waals surface area contributed by atoms with Gasteiger partial charge in [-0.05, 0) is 54.7 Å². The van der Waals surface area contributed by atoms with Crippen LogP contribution < -0.4 is 15.6 Å². The number of carbonyl (C=O) groups is 2. The molecule has 0 radical (unpaired) electrons. The number of hydrogen-bond donors (Lipinski definition) is 2. The van der Waals surface area contributed by atoms with Gasteiger partial charge in [0, 0.05) is 24.3 Å². The summed E-state index contributed by atoms with van der Waals surface area (Å²) in [5.41, 5.74) is 6.16. The Labute approximate surface area is 179 Å². The number of anilines is 1. The average molecular weight is 409 g/mol. The number of carbonyl (C=O) groups excluding carboxylic acids is 2. The smallest absolute Gasteiger partial charge is 0.259 e. The summed E-state index contributed by atoms with van der Waals surface area (Å²) in [5, 5.41) is 6.56. The Bertz CT molecular complexity index is 862. The van der Waals surface area contributed by atoms with Crippen molar-refractivity contribution in [3.8, 4) is 0 Å². The van der Waals surface area contributed by atoms with E-state index in [0.717, 1.165) is 29.9 Å². The van der Waals surface area contributed by atoms with Gasteiger partial charge in [-0.1, -0.05) is 45.0 Å². The van der Waals surface area contributed by atoms with Gasteiger partial charge in [0.2, 0.25) is 0 Å². The summed E-state index contributed by atoms with van der Waals surface area (Å²) >= 11 is 0. The number of nitrogens with zero attached hydrogens (tertiary/aromatic N) is 2. The molecule has 0 aliphatic rings. The molecule has 2 rings (SSSR count). The van der Waals surface area contributed by atoms with Gasteiger partial charge in [0.15, 0.2) is 0 Å². The minimum absolute atomic E-state index is 0.0264. The molecule has 6 heteroatoms. The van der Waals surface area contributed by atoms with Gasteiger partial charge in [0.1, 0.15) is 0 Å². The lowest BCUT2D eigenvalue weighted by Crippen LogP contribution is -2.34. The van der Waals surface area contributed by atoms with Crippen LogP contribution in [-0.4, -0.2) is 37.7 Å². The van der Waals surface area contributed by atoms with E-state index < -0.39 is 0 Å². The van der Waals surface area contributed by atoms with Crippen LogP contribution in [0.3, 0.4) is 0 Å². The summed E-state index contributed by atoms with van der Waals surface area (Å²) in [7, 11) is 0. The number of nitrogens with one attached hydrogen (secondary N) is 2. The SMILES string of the molecule is CCN(CC)c1ccc(/C=N\NC(=O)CNC(=O)c2ccc(C(C)(C)C)cc2)cc1. The van der Waals surface area contributed by atoms with Crippen LogP contribution in [0.5, 0.6) is 0 Å². The first-order valence-corrected chi connectivity index (χ1v) is 10.3. The summed E-state index contributed by atoms with van der Waals surface area (Å²) in [6.07, 6.45) is 1.58. The van der Waals surface area contributed by atoms with Crippen LogP contribution in [0.1, 0.15) is 56.1 Å². The Kier molecular flexibility index (Phi) is 8.16. The second kappa shape index (κ2) is 10.6. The predicted molar refractivity (Wildman–Crippen MR) is 123 cm³/mol. The maximum Gasteiger partial charge on any atom is 0.259 e. The molecule has 2 N–H and O–H groups in total. The molecule has 0 fully saturated rings. The molecule has 0 aliphatic carbocycles. The lowest BCUT2D eigenvalue weighted by molar-refractivity contribution is -0.120. The van der Waals surface area contributed by atoms with Gasteiger partial charge < -0.3 is 10.2 Å². The molecule has 0 heterocycles. The van der Waals surface area contributed by atoms with Crippen molar-refractivity contribution >= 4 is 23.7 Å². The summed E-state index contributed by atoms with van der Waals surface area (Å²) in [4.78, 5) is 26.4. The Morgan fingerprint density at radius 3 is 2.10 bits per heavy atom. The zero-order chi connectivity index (χ0) is 22.1. The highest BCUT2D eigenvalue weighted by Gasteiger charge is 2.14. The Balaban J connectivity index is 1.81. The average Bonchev–Trinajstić information content (AvgIpc) is 2.73. The monoisotopic (exact) mass is 408 g/mol. The van der Waals surface area contributed by atoms with Crippen LogP contribution in [0.25, 0.3) is 0 Å². The Hall–Kier alpha value is -3.15. The standard InChI is InChI=1S/C24H32N4O2/c1-6-28(7-2)21-14-8-18(9-15-21)16-26-27-22(29)17-25-23(30)19-10-12-20(13-11-19)24(3,4)5/h8-16H,6-7,17H2,1-5H3,(H,25,30)(H,27,29)/b26-16-. The largest absolute Gasteiger partial charge is 0.372 e. The van der Waals surface area contributed by atoms with E-state index in [-0.39, 0.29) is 23.8 Å². The summed E-state index contributed by atoms with van der Waals surface area (Å²) in [6.45, 7) is 12.4. The van der Waals surface area contributed by atoms with E-state index in [9.17, 15) is 9.59 Å². The third-order valence-corrected chi connectivity index (χ3v) is 4.85. The molecular weight excluding hydrogens is 376 g/mol. The number of amides is 2. The second-order valence-corrected chi connectivity index (χ2v) is 8.07. The fourth-order valence-corrected chi connectivity index (χ4v) is 2.96. The highest BCUT2D eigenvalue weighted by Crippen LogP contribution is 2.22. The Morgan fingerprint density at radius 1 is 0.967 bits per heavy atom. The van der Waals surface area contributed by atoms with Crippen LogP contribution in [-0.2, 0) is 10.2 Å². The molecule has 0 unspecified atom stereocenters. The van der Waals surface area contributed by atoms with E-state index in [0.29, 0.717) is 5.56 Å². The minimum atomic E-state index is -0.384. The van der Waals surface area contributed by atoms with Gasteiger partial charge >= 0.3 is 0 Å². The van der Waals surface area contributed by atoms with Gasteiger partial charge in [-0.2, -0.15) is 5.10 Å². The van der Waals surface area contributed by atoms with Crippen LogP contribution >= 0.6 is 0 Å². The molecule has 0 bridgehead atoms. The van der Waals surface area contributed by atoms with Gasteiger partial charge in [0.05, 0.1) is 12.8 Å². The van der Waals surface area contributed by atoms with Gasteiger partial charge in [-0.25, -0.2) is 5.43 Å². The van der Waals surface area contributed by atoms with Crippen molar-refractivity contribution in [1.82, 2.24) is 10.7 Å². The Morgan fingerprint density at radius 2 is 1.57 bits per heavy atom. The number of benzene rings is 2. The quantitative estimate of drug-likeness (QED) is 0.517. The third-order valence-electron chi connectivity index (χ3n) is 4.85. The summed E-state index contributed by atoms with van der Waals surface area (Å²) in [5.74, 6) is -0.674. The van der Waals surface area contributed by atoms with Crippen LogP contribution in [0.15, 0.2) is 53.6 Å². The summed E-state index contributed by atoms with van der Waals surface area (Å²) in [6, 6.07) is 15.4. The molecule has 0 atom stereocenters. The predicted octanol–water partition coefficient (Wildman–Crippen LogP) is 3.71. The molecule has 2 amide bonds. The number of hydrogen-bond acceptors (Lipinski definition) is 4. The van der Waals surface area contributed by atoms with Crippen molar-refractivity contribution in [1.29, 1.82) is 0 Å². The van der Waals surface area contributed by atoms with E-state index in [2.05, 4.69) is 55.4 Å². The van der Waals surface area contributed by atoms with Crippen molar-refractivity contribution in [3.63, 3.8) is 0 Å². The van der Waals surface area contributed by atoms with Crippen LogP contribution in [0, 0.1) is 0 Å². The van der Waals surface area contributed by atoms with Crippen molar-refractivity contribution < 1.29 is 9.59 Å². The van der Waals surface area contributed by atoms with Crippen LogP contribution in [0.4, 0.5) is 5.69 Å². The first-order chi connectivity index (χ1) is 14.2. The van der Waals surface area contributed by atoms with E-state index in [1.54, 1.807) is 18.3 Å². The van der Waals surface area contributed by atoms with Crippen LogP contribution in [0.2, 0.25) is 0 Å². The number of rotatable bonds is 8. The van der Waals surface area contributed by atoms with E-state index in [1.165, 1.54) is 0 Å². The maximum absolute atomic E-state index is 12.2. The lowest BCUT2D eigenvalue weighted by Gasteiger charge is -2.20. The molecule has 2 aromatic carbocycles. The van der Waals surface area contributed by atoms with Gasteiger partial charge in [-0.3, -0.25) is 9.59 Å². The van der Waals surface area contributed by atoms with E-state index in [4.69, 9.17) is 0 Å². The minimum Gasteiger partial charge on any atom is -0.372 e. The molecule has 0 saturated carbocycles.